The van der Waals surface area contributed by atoms with E-state index in [1.807, 2.05) is 0 Å². The summed E-state index contributed by atoms with van der Waals surface area (Å²) in [5.41, 5.74) is 0.256. The summed E-state index contributed by atoms with van der Waals surface area (Å²) < 4.78 is 14.5. The van der Waals surface area contributed by atoms with Crippen molar-refractivity contribution in [2.24, 2.45) is 0 Å². The number of nitrogens with zero attached hydrogens (tertiary/aromatic N) is 2. The molecular formula is C16H16FN3O3S. The van der Waals surface area contributed by atoms with Gasteiger partial charge in [-0.25, -0.2) is 13.9 Å². The van der Waals surface area contributed by atoms with E-state index in [-0.39, 0.29) is 5.82 Å². The van der Waals surface area contributed by atoms with Crippen molar-refractivity contribution in [1.82, 2.24) is 15.1 Å². The number of halogens is 1. The Kier molecular flexibility index (Phi) is 4.31. The Morgan fingerprint density at radius 1 is 1.38 bits per heavy atom. The zero-order chi connectivity index (χ0) is 17.3. The predicted molar refractivity (Wildman–Crippen MR) is 88.0 cm³/mol. The van der Waals surface area contributed by atoms with Gasteiger partial charge in [0.1, 0.15) is 11.4 Å². The number of aromatic nitrogens is 2. The molecule has 1 saturated heterocycles. The van der Waals surface area contributed by atoms with E-state index < -0.39 is 17.4 Å². The minimum atomic E-state index is -1.23. The van der Waals surface area contributed by atoms with Gasteiger partial charge in [0, 0.05) is 5.75 Å². The summed E-state index contributed by atoms with van der Waals surface area (Å²) in [5.74, 6) is -0.807. The Balaban J connectivity index is 1.86. The molecule has 2 aromatic rings. The fourth-order valence-electron chi connectivity index (χ4n) is 2.65. The standard InChI is InChI=1S/C16H16FN3O3S/c1-10-13(8-18-20(10)12-4-2-11(17)3-5-12)14(21)19-16(15(22)23)6-7-24-9-16/h2-5,8H,6-7,9H2,1H3,(H,19,21)(H,22,23). The Labute approximate surface area is 142 Å². The molecule has 24 heavy (non-hydrogen) atoms. The molecule has 2 N–H and O–H groups in total. The number of carbonyl (C=O) groups is 2. The van der Waals surface area contributed by atoms with Gasteiger partial charge in [-0.15, -0.1) is 0 Å². The molecule has 0 bridgehead atoms. The molecule has 1 fully saturated rings. The second-order valence-corrected chi connectivity index (χ2v) is 6.78. The van der Waals surface area contributed by atoms with Gasteiger partial charge in [-0.3, -0.25) is 4.79 Å². The van der Waals surface area contributed by atoms with Crippen molar-refractivity contribution in [3.05, 3.63) is 47.5 Å². The summed E-state index contributed by atoms with van der Waals surface area (Å²) in [6, 6.07) is 5.74. The number of carbonyl (C=O) groups excluding carboxylic acids is 1. The van der Waals surface area contributed by atoms with Crippen LogP contribution in [0.3, 0.4) is 0 Å². The average molecular weight is 349 g/mol. The number of hydrogen-bond donors (Lipinski definition) is 2. The lowest BCUT2D eigenvalue weighted by atomic mass is 9.98. The molecule has 0 saturated carbocycles. The third kappa shape index (κ3) is 2.89. The molecule has 0 radical (unpaired) electrons. The number of rotatable bonds is 4. The van der Waals surface area contributed by atoms with Gasteiger partial charge >= 0.3 is 5.97 Å². The molecule has 6 nitrogen and oxygen atoms in total. The lowest BCUT2D eigenvalue weighted by molar-refractivity contribution is -0.143. The second-order valence-electron chi connectivity index (χ2n) is 5.68. The van der Waals surface area contributed by atoms with Crippen LogP contribution in [0.4, 0.5) is 4.39 Å². The zero-order valence-electron chi connectivity index (χ0n) is 13.0. The maximum Gasteiger partial charge on any atom is 0.330 e. The van der Waals surface area contributed by atoms with Crippen LogP contribution in [0.5, 0.6) is 0 Å². The van der Waals surface area contributed by atoms with Crippen LogP contribution in [0.1, 0.15) is 22.5 Å². The molecule has 1 unspecified atom stereocenters. The van der Waals surface area contributed by atoms with Gasteiger partial charge in [0.25, 0.3) is 5.91 Å². The quantitative estimate of drug-likeness (QED) is 0.882. The molecule has 126 valence electrons. The number of hydrogen-bond acceptors (Lipinski definition) is 4. The van der Waals surface area contributed by atoms with E-state index in [1.54, 1.807) is 19.1 Å². The molecule has 1 aliphatic rings. The van der Waals surface area contributed by atoms with E-state index in [0.717, 1.165) is 0 Å². The summed E-state index contributed by atoms with van der Waals surface area (Å²) in [7, 11) is 0. The Bertz CT molecular complexity index is 782. The largest absolute Gasteiger partial charge is 0.479 e. The molecule has 1 atom stereocenters. The molecule has 0 aliphatic carbocycles. The van der Waals surface area contributed by atoms with Gasteiger partial charge in [0.2, 0.25) is 0 Å². The summed E-state index contributed by atoms with van der Waals surface area (Å²) in [6.07, 6.45) is 1.79. The van der Waals surface area contributed by atoms with E-state index in [0.29, 0.717) is 34.9 Å². The molecule has 2 heterocycles. The first kappa shape index (κ1) is 16.5. The number of aliphatic carboxylic acids is 1. The second kappa shape index (κ2) is 6.27. The SMILES string of the molecule is Cc1c(C(=O)NC2(C(=O)O)CCSC2)cnn1-c1ccc(F)cc1. The Morgan fingerprint density at radius 3 is 2.67 bits per heavy atom. The first-order valence-corrected chi connectivity index (χ1v) is 8.53. The number of carboxylic acid groups (broad SMARTS) is 1. The smallest absolute Gasteiger partial charge is 0.330 e. The maximum absolute atomic E-state index is 13.0. The minimum absolute atomic E-state index is 0.303. The van der Waals surface area contributed by atoms with Crippen molar-refractivity contribution in [2.45, 2.75) is 18.9 Å². The van der Waals surface area contributed by atoms with Crippen LogP contribution in [-0.2, 0) is 4.79 Å². The lowest BCUT2D eigenvalue weighted by Gasteiger charge is -2.24. The molecule has 1 amide bonds. The van der Waals surface area contributed by atoms with Crippen molar-refractivity contribution in [3.8, 4) is 5.69 Å². The minimum Gasteiger partial charge on any atom is -0.479 e. The van der Waals surface area contributed by atoms with Gasteiger partial charge in [-0.2, -0.15) is 16.9 Å². The van der Waals surface area contributed by atoms with E-state index >= 15 is 0 Å². The number of benzene rings is 1. The number of amides is 1. The Hall–Kier alpha value is -2.35. The highest BCUT2D eigenvalue weighted by Crippen LogP contribution is 2.29. The van der Waals surface area contributed by atoms with Gasteiger partial charge in [0.15, 0.2) is 0 Å². The molecule has 8 heteroatoms. The number of thioether (sulfide) groups is 1. The van der Waals surface area contributed by atoms with Crippen molar-refractivity contribution in [2.75, 3.05) is 11.5 Å². The summed E-state index contributed by atoms with van der Waals surface area (Å²) in [6.45, 7) is 1.71. The molecule has 1 aromatic heterocycles. The molecule has 1 aliphatic heterocycles. The van der Waals surface area contributed by atoms with Gasteiger partial charge in [0.05, 0.1) is 23.1 Å². The van der Waals surface area contributed by atoms with Gasteiger partial charge in [-0.05, 0) is 43.4 Å². The zero-order valence-corrected chi connectivity index (χ0v) is 13.8. The fourth-order valence-corrected chi connectivity index (χ4v) is 3.97. The third-order valence-electron chi connectivity index (χ3n) is 4.11. The number of nitrogens with one attached hydrogen (secondary N) is 1. The van der Waals surface area contributed by atoms with E-state index in [9.17, 15) is 19.1 Å². The lowest BCUT2D eigenvalue weighted by Crippen LogP contribution is -2.54. The summed E-state index contributed by atoms with van der Waals surface area (Å²) in [5, 5.41) is 16.3. The van der Waals surface area contributed by atoms with Crippen molar-refractivity contribution in [1.29, 1.82) is 0 Å². The van der Waals surface area contributed by atoms with Gasteiger partial charge in [-0.1, -0.05) is 0 Å². The highest BCUT2D eigenvalue weighted by atomic mass is 32.2. The van der Waals surface area contributed by atoms with Gasteiger partial charge < -0.3 is 10.4 Å². The first-order chi connectivity index (χ1) is 11.4. The molecule has 3 rings (SSSR count). The molecule has 0 spiro atoms. The third-order valence-corrected chi connectivity index (χ3v) is 5.30. The highest BCUT2D eigenvalue weighted by molar-refractivity contribution is 7.99. The van der Waals surface area contributed by atoms with Crippen molar-refractivity contribution >= 4 is 23.6 Å². The predicted octanol–water partition coefficient (Wildman–Crippen LogP) is 2.01. The molecule has 1 aromatic carbocycles. The number of carboxylic acids is 1. The van der Waals surface area contributed by atoms with E-state index in [4.69, 9.17) is 0 Å². The van der Waals surface area contributed by atoms with Crippen molar-refractivity contribution < 1.29 is 19.1 Å². The normalized spacial score (nSPS) is 20.1. The topological polar surface area (TPSA) is 84.2 Å². The average Bonchev–Trinajstić information content (AvgIpc) is 3.16. The highest BCUT2D eigenvalue weighted by Gasteiger charge is 2.43. The summed E-state index contributed by atoms with van der Waals surface area (Å²) in [4.78, 5) is 24.1. The van der Waals surface area contributed by atoms with Crippen LogP contribution in [0.25, 0.3) is 5.69 Å². The van der Waals surface area contributed by atoms with Crippen LogP contribution in [-0.4, -0.2) is 43.8 Å². The van der Waals surface area contributed by atoms with E-state index in [2.05, 4.69) is 10.4 Å². The Morgan fingerprint density at radius 2 is 2.08 bits per heavy atom. The molecular weight excluding hydrogens is 333 g/mol. The summed E-state index contributed by atoms with van der Waals surface area (Å²) >= 11 is 1.50. The van der Waals surface area contributed by atoms with Crippen molar-refractivity contribution in [3.63, 3.8) is 0 Å². The maximum atomic E-state index is 13.0. The van der Waals surface area contributed by atoms with E-state index in [1.165, 1.54) is 34.8 Å². The monoisotopic (exact) mass is 349 g/mol. The van der Waals surface area contributed by atoms with Crippen LogP contribution < -0.4 is 5.32 Å². The van der Waals surface area contributed by atoms with Crippen LogP contribution >= 0.6 is 11.8 Å². The van der Waals surface area contributed by atoms with Crippen LogP contribution in [0.2, 0.25) is 0 Å². The van der Waals surface area contributed by atoms with Crippen LogP contribution in [0.15, 0.2) is 30.5 Å². The fraction of sp³-hybridized carbons (Fsp3) is 0.312. The first-order valence-electron chi connectivity index (χ1n) is 7.37. The van der Waals surface area contributed by atoms with Crippen LogP contribution in [0, 0.1) is 12.7 Å².